The molecule has 9 heteroatoms. The lowest BCUT2D eigenvalue weighted by molar-refractivity contribution is -0.143. The Bertz CT molecular complexity index is 572. The number of carbonyl (C=O) groups excluding carboxylic acids is 1. The normalized spacial score (nSPS) is 12.4. The number of alkyl halides is 3. The molecule has 0 amide bonds. The molecule has 0 fully saturated rings. The first-order chi connectivity index (χ1) is 9.68. The predicted octanol–water partition coefficient (Wildman–Crippen LogP) is 1.90. The molecule has 0 bridgehead atoms. The molecular formula is C12H14F3NO4S. The third-order valence-corrected chi connectivity index (χ3v) is 3.97. The highest BCUT2D eigenvalue weighted by Crippen LogP contribution is 2.28. The van der Waals surface area contributed by atoms with E-state index in [1.165, 1.54) is 19.1 Å². The van der Waals surface area contributed by atoms with Gasteiger partial charge in [-0.25, -0.2) is 8.42 Å². The standard InChI is InChI=1S/C12H14F3NO4S/c1-2-20-11(17)9-16(21(18,19)12(13,14)15)8-10-6-4-3-5-7-10/h3-7H,2,8-9H2,1H3. The summed E-state index contributed by atoms with van der Waals surface area (Å²) in [6.07, 6.45) is 0. The van der Waals surface area contributed by atoms with E-state index >= 15 is 0 Å². The number of halogens is 3. The van der Waals surface area contributed by atoms with Crippen LogP contribution in [0.3, 0.4) is 0 Å². The number of ether oxygens (including phenoxy) is 1. The second kappa shape index (κ2) is 6.90. The van der Waals surface area contributed by atoms with E-state index in [9.17, 15) is 26.4 Å². The van der Waals surface area contributed by atoms with Gasteiger partial charge in [-0.05, 0) is 12.5 Å². The molecule has 0 atom stereocenters. The van der Waals surface area contributed by atoms with E-state index in [0.717, 1.165) is 0 Å². The maximum Gasteiger partial charge on any atom is 0.511 e. The van der Waals surface area contributed by atoms with Crippen LogP contribution in [0.15, 0.2) is 30.3 Å². The third-order valence-electron chi connectivity index (χ3n) is 2.44. The van der Waals surface area contributed by atoms with Gasteiger partial charge in [-0.2, -0.15) is 17.5 Å². The second-order valence-corrected chi connectivity index (χ2v) is 5.94. The van der Waals surface area contributed by atoms with E-state index < -0.39 is 34.6 Å². The number of nitrogens with zero attached hydrogens (tertiary/aromatic N) is 1. The van der Waals surface area contributed by atoms with Crippen LogP contribution in [-0.4, -0.2) is 37.4 Å². The van der Waals surface area contributed by atoms with Crippen molar-refractivity contribution in [3.8, 4) is 0 Å². The minimum Gasteiger partial charge on any atom is -0.465 e. The van der Waals surface area contributed by atoms with Crippen molar-refractivity contribution in [3.05, 3.63) is 35.9 Å². The molecule has 1 aromatic carbocycles. The summed E-state index contributed by atoms with van der Waals surface area (Å²) in [5.74, 6) is -1.04. The topological polar surface area (TPSA) is 63.7 Å². The van der Waals surface area contributed by atoms with Crippen LogP contribution >= 0.6 is 0 Å². The second-order valence-electron chi connectivity index (χ2n) is 4.01. The zero-order chi connectivity index (χ0) is 16.1. The van der Waals surface area contributed by atoms with Gasteiger partial charge in [-0.1, -0.05) is 30.3 Å². The number of benzene rings is 1. The van der Waals surface area contributed by atoms with E-state index in [2.05, 4.69) is 4.74 Å². The largest absolute Gasteiger partial charge is 0.511 e. The predicted molar refractivity (Wildman–Crippen MR) is 68.5 cm³/mol. The summed E-state index contributed by atoms with van der Waals surface area (Å²) in [5.41, 5.74) is -5.15. The molecule has 0 unspecified atom stereocenters. The molecule has 0 aromatic heterocycles. The Morgan fingerprint density at radius 1 is 1.24 bits per heavy atom. The molecular weight excluding hydrogens is 311 g/mol. The Hall–Kier alpha value is -1.61. The first-order valence-electron chi connectivity index (χ1n) is 5.94. The molecule has 1 rings (SSSR count). The Kier molecular flexibility index (Phi) is 5.73. The van der Waals surface area contributed by atoms with Gasteiger partial charge in [0.1, 0.15) is 6.54 Å². The molecule has 0 radical (unpaired) electrons. The molecule has 118 valence electrons. The van der Waals surface area contributed by atoms with Crippen LogP contribution in [0.1, 0.15) is 12.5 Å². The van der Waals surface area contributed by atoms with Crippen LogP contribution in [-0.2, 0) is 26.1 Å². The van der Waals surface area contributed by atoms with Gasteiger partial charge in [0.2, 0.25) is 0 Å². The van der Waals surface area contributed by atoms with Gasteiger partial charge in [0.25, 0.3) is 0 Å². The Labute approximate surface area is 120 Å². The lowest BCUT2D eigenvalue weighted by Crippen LogP contribution is -2.43. The average molecular weight is 325 g/mol. The molecule has 0 aliphatic carbocycles. The van der Waals surface area contributed by atoms with E-state index in [-0.39, 0.29) is 10.9 Å². The minimum absolute atomic E-state index is 0.0515. The summed E-state index contributed by atoms with van der Waals surface area (Å²) < 4.78 is 65.5. The van der Waals surface area contributed by atoms with Crippen molar-refractivity contribution in [2.75, 3.05) is 13.2 Å². The molecule has 21 heavy (non-hydrogen) atoms. The summed E-state index contributed by atoms with van der Waals surface area (Å²) in [6, 6.07) is 7.67. The summed E-state index contributed by atoms with van der Waals surface area (Å²) in [5, 5.41) is 0. The summed E-state index contributed by atoms with van der Waals surface area (Å²) in [7, 11) is -5.62. The van der Waals surface area contributed by atoms with Crippen molar-refractivity contribution >= 4 is 16.0 Å². The first-order valence-corrected chi connectivity index (χ1v) is 7.38. The molecule has 5 nitrogen and oxygen atoms in total. The summed E-state index contributed by atoms with van der Waals surface area (Å²) in [4.78, 5) is 11.3. The van der Waals surface area contributed by atoms with Gasteiger partial charge in [0.15, 0.2) is 0 Å². The van der Waals surface area contributed by atoms with Gasteiger partial charge in [-0.3, -0.25) is 4.79 Å². The molecule has 0 spiro atoms. The van der Waals surface area contributed by atoms with Crippen LogP contribution in [0.4, 0.5) is 13.2 Å². The van der Waals surface area contributed by atoms with E-state index in [1.807, 2.05) is 0 Å². The lowest BCUT2D eigenvalue weighted by atomic mass is 10.2. The number of sulfonamides is 1. The van der Waals surface area contributed by atoms with Crippen molar-refractivity contribution in [2.45, 2.75) is 19.0 Å². The van der Waals surface area contributed by atoms with Gasteiger partial charge >= 0.3 is 21.5 Å². The minimum atomic E-state index is -5.62. The Balaban J connectivity index is 3.03. The molecule has 0 aliphatic heterocycles. The van der Waals surface area contributed by atoms with Crippen LogP contribution < -0.4 is 0 Å². The number of rotatable bonds is 6. The zero-order valence-electron chi connectivity index (χ0n) is 11.1. The Morgan fingerprint density at radius 3 is 2.29 bits per heavy atom. The monoisotopic (exact) mass is 325 g/mol. The summed E-state index contributed by atoms with van der Waals surface area (Å²) >= 11 is 0. The molecule has 0 saturated heterocycles. The van der Waals surface area contributed by atoms with Crippen LogP contribution in [0, 0.1) is 0 Å². The van der Waals surface area contributed by atoms with Crippen LogP contribution in [0.2, 0.25) is 0 Å². The highest BCUT2D eigenvalue weighted by molar-refractivity contribution is 7.90. The van der Waals surface area contributed by atoms with Gasteiger partial charge in [-0.15, -0.1) is 0 Å². The highest BCUT2D eigenvalue weighted by Gasteiger charge is 2.50. The number of hydrogen-bond donors (Lipinski definition) is 0. The number of esters is 1. The maximum absolute atomic E-state index is 12.6. The van der Waals surface area contributed by atoms with Crippen LogP contribution in [0.5, 0.6) is 0 Å². The van der Waals surface area contributed by atoms with Crippen LogP contribution in [0.25, 0.3) is 0 Å². The quantitative estimate of drug-likeness (QED) is 0.750. The van der Waals surface area contributed by atoms with Gasteiger partial charge < -0.3 is 4.74 Å². The first kappa shape index (κ1) is 17.4. The number of hydrogen-bond acceptors (Lipinski definition) is 4. The fraction of sp³-hybridized carbons (Fsp3) is 0.417. The molecule has 0 saturated carbocycles. The fourth-order valence-electron chi connectivity index (χ4n) is 1.51. The SMILES string of the molecule is CCOC(=O)CN(Cc1ccccc1)S(=O)(=O)C(F)(F)F. The van der Waals surface area contributed by atoms with E-state index in [0.29, 0.717) is 5.56 Å². The zero-order valence-corrected chi connectivity index (χ0v) is 11.9. The van der Waals surface area contributed by atoms with Crippen molar-refractivity contribution in [2.24, 2.45) is 0 Å². The molecule has 1 aromatic rings. The highest BCUT2D eigenvalue weighted by atomic mass is 32.2. The van der Waals surface area contributed by atoms with E-state index in [4.69, 9.17) is 0 Å². The Morgan fingerprint density at radius 2 is 1.81 bits per heavy atom. The molecule has 0 heterocycles. The van der Waals surface area contributed by atoms with Crippen molar-refractivity contribution in [1.82, 2.24) is 4.31 Å². The molecule has 0 aliphatic rings. The smallest absolute Gasteiger partial charge is 0.465 e. The maximum atomic E-state index is 12.6. The summed E-state index contributed by atoms with van der Waals surface area (Å²) in [6.45, 7) is -0.145. The molecule has 0 N–H and O–H groups in total. The van der Waals surface area contributed by atoms with Gasteiger partial charge in [0.05, 0.1) is 6.61 Å². The van der Waals surface area contributed by atoms with Crippen molar-refractivity contribution < 1.29 is 31.1 Å². The van der Waals surface area contributed by atoms with Crippen molar-refractivity contribution in [3.63, 3.8) is 0 Å². The average Bonchev–Trinajstić information content (AvgIpc) is 2.38. The third kappa shape index (κ3) is 4.71. The van der Waals surface area contributed by atoms with Gasteiger partial charge in [0, 0.05) is 6.54 Å². The lowest BCUT2D eigenvalue weighted by Gasteiger charge is -2.22. The van der Waals surface area contributed by atoms with Crippen molar-refractivity contribution in [1.29, 1.82) is 0 Å². The fourth-order valence-corrected chi connectivity index (χ4v) is 2.40. The number of carbonyl (C=O) groups is 1. The van der Waals surface area contributed by atoms with E-state index in [1.54, 1.807) is 18.2 Å².